The van der Waals surface area contributed by atoms with Gasteiger partial charge in [-0.25, -0.2) is 0 Å². The lowest BCUT2D eigenvalue weighted by molar-refractivity contribution is -0.114. The first-order valence-corrected chi connectivity index (χ1v) is 7.46. The molecule has 6 nitrogen and oxygen atoms in total. The molecule has 0 aliphatic carbocycles. The van der Waals surface area contributed by atoms with E-state index in [0.29, 0.717) is 23.2 Å². The number of amides is 1. The van der Waals surface area contributed by atoms with Crippen LogP contribution < -0.4 is 10.1 Å². The Labute approximate surface area is 130 Å². The fraction of sp³-hybridized carbons (Fsp3) is 0.133. The Kier molecular flexibility index (Phi) is 4.15. The van der Waals surface area contributed by atoms with Gasteiger partial charge in [0.25, 0.3) is 5.89 Å². The van der Waals surface area contributed by atoms with E-state index in [9.17, 15) is 4.79 Å². The lowest BCUT2D eigenvalue weighted by atomic mass is 10.3. The second kappa shape index (κ2) is 6.40. The number of nitrogens with one attached hydrogen (secondary N) is 1. The van der Waals surface area contributed by atoms with Crippen LogP contribution in [-0.2, 0) is 11.4 Å². The van der Waals surface area contributed by atoms with Gasteiger partial charge < -0.3 is 14.6 Å². The van der Waals surface area contributed by atoms with Crippen molar-refractivity contribution >= 4 is 22.9 Å². The molecule has 2 heterocycles. The minimum absolute atomic E-state index is 0.134. The average Bonchev–Trinajstić information content (AvgIpc) is 3.17. The summed E-state index contributed by atoms with van der Waals surface area (Å²) < 4.78 is 10.8. The van der Waals surface area contributed by atoms with Gasteiger partial charge in [0, 0.05) is 6.92 Å². The Hall–Kier alpha value is -2.67. The molecule has 0 saturated heterocycles. The summed E-state index contributed by atoms with van der Waals surface area (Å²) in [5, 5.41) is 8.57. The van der Waals surface area contributed by atoms with Crippen LogP contribution in [0.15, 0.2) is 46.3 Å². The molecule has 112 valence electrons. The smallest absolute Gasteiger partial charge is 0.264 e. The molecule has 22 heavy (non-hydrogen) atoms. The minimum atomic E-state index is -0.158. The molecule has 0 radical (unpaired) electrons. The monoisotopic (exact) mass is 315 g/mol. The Morgan fingerprint density at radius 2 is 2.18 bits per heavy atom. The van der Waals surface area contributed by atoms with Crippen molar-refractivity contribution in [1.29, 1.82) is 0 Å². The van der Waals surface area contributed by atoms with Crippen LogP contribution in [0.4, 0.5) is 5.69 Å². The lowest BCUT2D eigenvalue weighted by Crippen LogP contribution is -2.07. The number of aromatic nitrogens is 2. The number of benzene rings is 1. The van der Waals surface area contributed by atoms with Crippen LogP contribution in [0, 0.1) is 0 Å². The number of hydrogen-bond donors (Lipinski definition) is 1. The number of para-hydroxylation sites is 2. The van der Waals surface area contributed by atoms with Crippen LogP contribution in [0.3, 0.4) is 0 Å². The van der Waals surface area contributed by atoms with E-state index in [1.54, 1.807) is 12.1 Å². The highest BCUT2D eigenvalue weighted by molar-refractivity contribution is 7.13. The number of anilines is 1. The van der Waals surface area contributed by atoms with Crippen molar-refractivity contribution in [2.75, 3.05) is 5.32 Å². The van der Waals surface area contributed by atoms with Gasteiger partial charge in [0.05, 0.1) is 10.6 Å². The van der Waals surface area contributed by atoms with Gasteiger partial charge in [-0.2, -0.15) is 4.98 Å². The molecule has 0 bridgehead atoms. The van der Waals surface area contributed by atoms with Crippen LogP contribution in [0.5, 0.6) is 5.75 Å². The predicted molar refractivity (Wildman–Crippen MR) is 82.7 cm³/mol. The molecule has 1 amide bonds. The van der Waals surface area contributed by atoms with E-state index < -0.39 is 0 Å². The largest absolute Gasteiger partial charge is 0.482 e. The van der Waals surface area contributed by atoms with Crippen LogP contribution in [-0.4, -0.2) is 16.0 Å². The molecule has 1 N–H and O–H groups in total. The number of carbonyl (C=O) groups is 1. The average molecular weight is 315 g/mol. The van der Waals surface area contributed by atoms with E-state index in [4.69, 9.17) is 9.26 Å². The molecule has 0 fully saturated rings. The molecule has 7 heteroatoms. The van der Waals surface area contributed by atoms with E-state index in [0.717, 1.165) is 4.88 Å². The van der Waals surface area contributed by atoms with Crippen molar-refractivity contribution in [2.45, 2.75) is 13.5 Å². The van der Waals surface area contributed by atoms with Crippen molar-refractivity contribution in [3.8, 4) is 16.5 Å². The Balaban J connectivity index is 1.69. The summed E-state index contributed by atoms with van der Waals surface area (Å²) in [6, 6.07) is 11.0. The highest BCUT2D eigenvalue weighted by Crippen LogP contribution is 2.25. The second-order valence-corrected chi connectivity index (χ2v) is 5.40. The van der Waals surface area contributed by atoms with E-state index in [1.165, 1.54) is 18.3 Å². The first-order valence-electron chi connectivity index (χ1n) is 6.58. The summed E-state index contributed by atoms with van der Waals surface area (Å²) in [4.78, 5) is 16.4. The SMILES string of the molecule is CC(=O)Nc1ccccc1OCc1nc(-c2cccs2)no1. The van der Waals surface area contributed by atoms with Crippen molar-refractivity contribution < 1.29 is 14.1 Å². The van der Waals surface area contributed by atoms with Gasteiger partial charge in [-0.3, -0.25) is 4.79 Å². The summed E-state index contributed by atoms with van der Waals surface area (Å²) >= 11 is 1.54. The molecule has 1 aromatic carbocycles. The molecule has 0 unspecified atom stereocenters. The van der Waals surface area contributed by atoms with Crippen molar-refractivity contribution in [3.63, 3.8) is 0 Å². The molecule has 3 aromatic rings. The van der Waals surface area contributed by atoms with Gasteiger partial charge in [-0.05, 0) is 23.6 Å². The number of rotatable bonds is 5. The fourth-order valence-corrected chi connectivity index (χ4v) is 2.49. The van der Waals surface area contributed by atoms with Gasteiger partial charge in [0.15, 0.2) is 6.61 Å². The number of carbonyl (C=O) groups excluding carboxylic acids is 1. The van der Waals surface area contributed by atoms with E-state index in [-0.39, 0.29) is 12.5 Å². The molecule has 0 aliphatic heterocycles. The first kappa shape index (κ1) is 14.3. The quantitative estimate of drug-likeness (QED) is 0.781. The molecular weight excluding hydrogens is 302 g/mol. The molecule has 2 aromatic heterocycles. The van der Waals surface area contributed by atoms with Gasteiger partial charge in [0.2, 0.25) is 11.7 Å². The van der Waals surface area contributed by atoms with Crippen LogP contribution in [0.2, 0.25) is 0 Å². The summed E-state index contributed by atoms with van der Waals surface area (Å²) in [6.07, 6.45) is 0. The standard InChI is InChI=1S/C15H13N3O3S/c1-10(19)16-11-5-2-3-6-12(11)20-9-14-17-15(18-21-14)13-7-4-8-22-13/h2-8H,9H2,1H3,(H,16,19). The molecule has 0 saturated carbocycles. The van der Waals surface area contributed by atoms with Gasteiger partial charge in [-0.15, -0.1) is 11.3 Å². The molecule has 0 spiro atoms. The first-order chi connectivity index (χ1) is 10.7. The number of thiophene rings is 1. The predicted octanol–water partition coefficient (Wildman–Crippen LogP) is 3.34. The third kappa shape index (κ3) is 3.32. The van der Waals surface area contributed by atoms with Gasteiger partial charge >= 0.3 is 0 Å². The minimum Gasteiger partial charge on any atom is -0.482 e. The van der Waals surface area contributed by atoms with E-state index in [1.807, 2.05) is 29.6 Å². The maximum Gasteiger partial charge on any atom is 0.264 e. The number of ether oxygens (including phenoxy) is 1. The summed E-state index contributed by atoms with van der Waals surface area (Å²) in [7, 11) is 0. The molecular formula is C15H13N3O3S. The Morgan fingerprint density at radius 3 is 2.95 bits per heavy atom. The topological polar surface area (TPSA) is 77.2 Å². The normalized spacial score (nSPS) is 10.4. The molecule has 0 aliphatic rings. The highest BCUT2D eigenvalue weighted by Gasteiger charge is 2.11. The van der Waals surface area contributed by atoms with Crippen molar-refractivity contribution in [3.05, 3.63) is 47.7 Å². The number of nitrogens with zero attached hydrogens (tertiary/aromatic N) is 2. The summed E-state index contributed by atoms with van der Waals surface area (Å²) in [5.74, 6) is 1.31. The summed E-state index contributed by atoms with van der Waals surface area (Å²) in [6.45, 7) is 1.58. The van der Waals surface area contributed by atoms with Gasteiger partial charge in [0.1, 0.15) is 5.75 Å². The fourth-order valence-electron chi connectivity index (χ4n) is 1.84. The Morgan fingerprint density at radius 1 is 1.32 bits per heavy atom. The third-order valence-electron chi connectivity index (χ3n) is 2.76. The zero-order chi connectivity index (χ0) is 15.4. The Bertz CT molecular complexity index is 768. The van der Waals surface area contributed by atoms with E-state index in [2.05, 4.69) is 15.5 Å². The maximum absolute atomic E-state index is 11.2. The van der Waals surface area contributed by atoms with Gasteiger partial charge in [-0.1, -0.05) is 23.4 Å². The van der Waals surface area contributed by atoms with Crippen LogP contribution in [0.1, 0.15) is 12.8 Å². The molecule has 3 rings (SSSR count). The van der Waals surface area contributed by atoms with Crippen molar-refractivity contribution in [2.24, 2.45) is 0 Å². The zero-order valence-electron chi connectivity index (χ0n) is 11.8. The van der Waals surface area contributed by atoms with Crippen LogP contribution >= 0.6 is 11.3 Å². The van der Waals surface area contributed by atoms with Crippen LogP contribution in [0.25, 0.3) is 10.7 Å². The van der Waals surface area contributed by atoms with Crippen molar-refractivity contribution in [1.82, 2.24) is 10.1 Å². The van der Waals surface area contributed by atoms with E-state index >= 15 is 0 Å². The highest BCUT2D eigenvalue weighted by atomic mass is 32.1. The second-order valence-electron chi connectivity index (χ2n) is 4.46. The maximum atomic E-state index is 11.2. The third-order valence-corrected chi connectivity index (χ3v) is 3.62. The summed E-state index contributed by atoms with van der Waals surface area (Å²) in [5.41, 5.74) is 0.605. The number of hydrogen-bond acceptors (Lipinski definition) is 6. The zero-order valence-corrected chi connectivity index (χ0v) is 12.6. The molecule has 0 atom stereocenters. The lowest BCUT2D eigenvalue weighted by Gasteiger charge is -2.09.